The van der Waals surface area contributed by atoms with E-state index in [1.54, 1.807) is 0 Å². The molecular weight excluding hydrogens is 360 g/mol. The van der Waals surface area contributed by atoms with Crippen LogP contribution in [-0.4, -0.2) is 33.8 Å². The van der Waals surface area contributed by atoms with E-state index < -0.39 is 0 Å². The fourth-order valence-electron chi connectivity index (χ4n) is 3.15. The van der Waals surface area contributed by atoms with Gasteiger partial charge in [-0.2, -0.15) is 5.10 Å². The molecule has 6 heteroatoms. The van der Waals surface area contributed by atoms with Crippen LogP contribution in [0.15, 0.2) is 59.7 Å². The molecule has 2 heterocycles. The van der Waals surface area contributed by atoms with Crippen LogP contribution in [0.2, 0.25) is 0 Å². The van der Waals surface area contributed by atoms with E-state index in [2.05, 4.69) is 69.0 Å². The second-order valence-corrected chi connectivity index (χ2v) is 7.07. The molecule has 0 bridgehead atoms. The second-order valence-electron chi connectivity index (χ2n) is 7.07. The van der Waals surface area contributed by atoms with E-state index in [1.165, 1.54) is 5.56 Å². The van der Waals surface area contributed by atoms with Gasteiger partial charge in [0.05, 0.1) is 12.2 Å². The number of nitrogens with zero attached hydrogens (tertiary/aromatic N) is 4. The van der Waals surface area contributed by atoms with Gasteiger partial charge in [0.15, 0.2) is 11.8 Å². The lowest BCUT2D eigenvalue weighted by Crippen LogP contribution is -2.37. The first-order chi connectivity index (χ1) is 14.2. The molecule has 6 nitrogen and oxygen atoms in total. The number of aromatic nitrogens is 3. The lowest BCUT2D eigenvalue weighted by Gasteiger charge is -2.11. The van der Waals surface area contributed by atoms with Gasteiger partial charge in [-0.05, 0) is 56.9 Å². The molecule has 152 valence electrons. The normalized spacial score (nSPS) is 11.5. The van der Waals surface area contributed by atoms with Crippen molar-refractivity contribution in [2.24, 2.45) is 4.99 Å². The van der Waals surface area contributed by atoms with Crippen molar-refractivity contribution in [3.8, 4) is 5.82 Å². The highest BCUT2D eigenvalue weighted by Gasteiger charge is 2.05. The highest BCUT2D eigenvalue weighted by atomic mass is 15.3. The fraction of sp³-hybridized carbons (Fsp3) is 0.348. The molecule has 0 atom stereocenters. The van der Waals surface area contributed by atoms with Gasteiger partial charge in [-0.15, -0.1) is 0 Å². The standard InChI is InChI=1S/C23H30N6/c1-4-24-23(25-14-8-11-20-9-6-5-7-10-20)27-17-21-12-13-22(26-16-21)29-19(3)15-18(2)28-29/h5-7,9-10,12-13,15-16H,4,8,11,14,17H2,1-3H3,(H2,24,25,27). The lowest BCUT2D eigenvalue weighted by atomic mass is 10.1. The maximum absolute atomic E-state index is 4.68. The molecule has 2 N–H and O–H groups in total. The molecule has 0 aliphatic carbocycles. The highest BCUT2D eigenvalue weighted by Crippen LogP contribution is 2.10. The van der Waals surface area contributed by atoms with E-state index in [0.717, 1.165) is 54.7 Å². The fourth-order valence-corrected chi connectivity index (χ4v) is 3.15. The zero-order chi connectivity index (χ0) is 20.5. The van der Waals surface area contributed by atoms with Gasteiger partial charge in [-0.25, -0.2) is 14.7 Å². The van der Waals surface area contributed by atoms with Gasteiger partial charge in [-0.1, -0.05) is 36.4 Å². The van der Waals surface area contributed by atoms with Crippen molar-refractivity contribution in [3.05, 3.63) is 77.2 Å². The van der Waals surface area contributed by atoms with Gasteiger partial charge in [0.2, 0.25) is 0 Å². The number of hydrogen-bond acceptors (Lipinski definition) is 3. The molecule has 0 fully saturated rings. The SMILES string of the molecule is CCNC(=NCc1ccc(-n2nc(C)cc2C)nc1)NCCCc1ccccc1. The summed E-state index contributed by atoms with van der Waals surface area (Å²) in [4.78, 5) is 9.23. The molecule has 0 saturated carbocycles. The Labute approximate surface area is 173 Å². The van der Waals surface area contributed by atoms with Crippen LogP contribution in [0.5, 0.6) is 0 Å². The first kappa shape index (κ1) is 20.6. The Kier molecular flexibility index (Phi) is 7.39. The van der Waals surface area contributed by atoms with E-state index in [9.17, 15) is 0 Å². The number of nitrogens with one attached hydrogen (secondary N) is 2. The summed E-state index contributed by atoms with van der Waals surface area (Å²) in [5.41, 5.74) is 4.50. The number of benzene rings is 1. The molecular formula is C23H30N6. The Morgan fingerprint density at radius 2 is 1.86 bits per heavy atom. The molecule has 29 heavy (non-hydrogen) atoms. The minimum absolute atomic E-state index is 0.582. The van der Waals surface area contributed by atoms with Gasteiger partial charge >= 0.3 is 0 Å². The number of hydrogen-bond donors (Lipinski definition) is 2. The Hall–Kier alpha value is -3.15. The molecule has 0 aliphatic rings. The van der Waals surface area contributed by atoms with Crippen molar-refractivity contribution in [2.45, 2.75) is 40.2 Å². The summed E-state index contributed by atoms with van der Waals surface area (Å²) < 4.78 is 1.86. The van der Waals surface area contributed by atoms with Crippen molar-refractivity contribution in [1.29, 1.82) is 0 Å². The van der Waals surface area contributed by atoms with Gasteiger partial charge in [0.1, 0.15) is 0 Å². The molecule has 0 saturated heterocycles. The summed E-state index contributed by atoms with van der Waals surface area (Å²) in [5.74, 6) is 1.66. The van der Waals surface area contributed by atoms with Gasteiger partial charge in [0, 0.05) is 25.0 Å². The quantitative estimate of drug-likeness (QED) is 0.351. The van der Waals surface area contributed by atoms with E-state index >= 15 is 0 Å². The van der Waals surface area contributed by atoms with Crippen molar-refractivity contribution in [2.75, 3.05) is 13.1 Å². The lowest BCUT2D eigenvalue weighted by molar-refractivity contribution is 0.743. The summed E-state index contributed by atoms with van der Waals surface area (Å²) in [7, 11) is 0. The third-order valence-corrected chi connectivity index (χ3v) is 4.58. The maximum Gasteiger partial charge on any atom is 0.191 e. The maximum atomic E-state index is 4.68. The molecule has 0 unspecified atom stereocenters. The smallest absolute Gasteiger partial charge is 0.191 e. The third-order valence-electron chi connectivity index (χ3n) is 4.58. The first-order valence-corrected chi connectivity index (χ1v) is 10.2. The number of aliphatic imine (C=N–C) groups is 1. The molecule has 0 spiro atoms. The minimum atomic E-state index is 0.582. The van der Waals surface area contributed by atoms with E-state index in [4.69, 9.17) is 0 Å². The predicted octanol–water partition coefficient (Wildman–Crippen LogP) is 3.57. The molecule has 1 aromatic carbocycles. The van der Waals surface area contributed by atoms with E-state index in [1.807, 2.05) is 36.9 Å². The van der Waals surface area contributed by atoms with Gasteiger partial charge in [-0.3, -0.25) is 0 Å². The van der Waals surface area contributed by atoms with Crippen LogP contribution in [-0.2, 0) is 13.0 Å². The number of rotatable bonds is 8. The van der Waals surface area contributed by atoms with Crippen molar-refractivity contribution >= 4 is 5.96 Å². The molecule has 2 aromatic heterocycles. The largest absolute Gasteiger partial charge is 0.357 e. The van der Waals surface area contributed by atoms with Crippen molar-refractivity contribution < 1.29 is 0 Å². The average Bonchev–Trinajstić information content (AvgIpc) is 3.08. The Bertz CT molecular complexity index is 912. The zero-order valence-corrected chi connectivity index (χ0v) is 17.5. The third kappa shape index (κ3) is 6.17. The molecule has 3 rings (SSSR count). The molecule has 0 aliphatic heterocycles. The first-order valence-electron chi connectivity index (χ1n) is 10.2. The second kappa shape index (κ2) is 10.4. The zero-order valence-electron chi connectivity index (χ0n) is 17.5. The monoisotopic (exact) mass is 390 g/mol. The molecule has 0 amide bonds. The minimum Gasteiger partial charge on any atom is -0.357 e. The van der Waals surface area contributed by atoms with Crippen LogP contribution in [0.4, 0.5) is 0 Å². The van der Waals surface area contributed by atoms with Crippen LogP contribution in [0.1, 0.15) is 35.9 Å². The Morgan fingerprint density at radius 3 is 2.52 bits per heavy atom. The van der Waals surface area contributed by atoms with Crippen molar-refractivity contribution in [1.82, 2.24) is 25.4 Å². The predicted molar refractivity (Wildman–Crippen MR) is 118 cm³/mol. The van der Waals surface area contributed by atoms with Crippen LogP contribution < -0.4 is 10.6 Å². The summed E-state index contributed by atoms with van der Waals surface area (Å²) in [6.45, 7) is 8.40. The van der Waals surface area contributed by atoms with E-state index in [-0.39, 0.29) is 0 Å². The topological polar surface area (TPSA) is 67.1 Å². The highest BCUT2D eigenvalue weighted by molar-refractivity contribution is 5.79. The van der Waals surface area contributed by atoms with Crippen LogP contribution >= 0.6 is 0 Å². The van der Waals surface area contributed by atoms with Gasteiger partial charge in [0.25, 0.3) is 0 Å². The van der Waals surface area contributed by atoms with Gasteiger partial charge < -0.3 is 10.6 Å². The van der Waals surface area contributed by atoms with Crippen LogP contribution in [0, 0.1) is 13.8 Å². The summed E-state index contributed by atoms with van der Waals surface area (Å²) in [5, 5.41) is 11.2. The summed E-state index contributed by atoms with van der Waals surface area (Å²) >= 11 is 0. The number of guanidine groups is 1. The average molecular weight is 391 g/mol. The van der Waals surface area contributed by atoms with E-state index in [0.29, 0.717) is 6.54 Å². The molecule has 0 radical (unpaired) electrons. The summed E-state index contributed by atoms with van der Waals surface area (Å²) in [6, 6.07) is 16.7. The number of pyridine rings is 1. The number of aryl methyl sites for hydroxylation is 3. The Morgan fingerprint density at radius 1 is 1.03 bits per heavy atom. The summed E-state index contributed by atoms with van der Waals surface area (Å²) in [6.07, 6.45) is 3.99. The van der Waals surface area contributed by atoms with Crippen LogP contribution in [0.3, 0.4) is 0 Å². The molecule has 3 aromatic rings. The Balaban J connectivity index is 1.53. The van der Waals surface area contributed by atoms with Crippen molar-refractivity contribution in [3.63, 3.8) is 0 Å². The van der Waals surface area contributed by atoms with Crippen LogP contribution in [0.25, 0.3) is 5.82 Å².